The second kappa shape index (κ2) is 5.13. The van der Waals surface area contributed by atoms with Crippen LogP contribution in [0.5, 0.6) is 0 Å². The maximum atomic E-state index is 14.1. The molecule has 0 spiro atoms. The first-order chi connectivity index (χ1) is 9.56. The molecular weight excluding hydrogens is 262 g/mol. The third-order valence-electron chi connectivity index (χ3n) is 4.45. The van der Waals surface area contributed by atoms with E-state index in [4.69, 9.17) is 0 Å². The Labute approximate surface area is 117 Å². The van der Waals surface area contributed by atoms with Gasteiger partial charge >= 0.3 is 0 Å². The fraction of sp³-hybridized carbons (Fsp3) is 0.533. The minimum absolute atomic E-state index is 0.0346. The first-order valence-corrected chi connectivity index (χ1v) is 7.02. The minimum Gasteiger partial charge on any atom is -0.354 e. The molecule has 20 heavy (non-hydrogen) atoms. The molecule has 0 unspecified atom stereocenters. The molecule has 5 heteroatoms. The molecule has 2 fully saturated rings. The standard InChI is InChI=1S/C15H18F2N2O/c1-9-2-5-13(16)12(15(9)17)8-19-10-3-4-11(19)7-18-14(20)6-10/h2,5,10-11H,3-4,6-8H2,1H3,(H,18,20)/t10-,11+/m1/s1. The second-order valence-electron chi connectivity index (χ2n) is 5.72. The molecule has 2 saturated heterocycles. The number of fused-ring (bicyclic) bond motifs is 2. The molecule has 2 aliphatic rings. The summed E-state index contributed by atoms with van der Waals surface area (Å²) in [4.78, 5) is 13.7. The van der Waals surface area contributed by atoms with Crippen molar-refractivity contribution < 1.29 is 13.6 Å². The van der Waals surface area contributed by atoms with Crippen molar-refractivity contribution in [3.8, 4) is 0 Å². The Bertz CT molecular complexity index is 547. The largest absolute Gasteiger partial charge is 0.354 e. The van der Waals surface area contributed by atoms with Crippen molar-refractivity contribution in [3.63, 3.8) is 0 Å². The van der Waals surface area contributed by atoms with Crippen LogP contribution in [0.25, 0.3) is 0 Å². The number of hydrogen-bond acceptors (Lipinski definition) is 2. The van der Waals surface area contributed by atoms with Crippen LogP contribution in [-0.4, -0.2) is 29.4 Å². The first kappa shape index (κ1) is 13.5. The van der Waals surface area contributed by atoms with Crippen LogP contribution in [0.3, 0.4) is 0 Å². The number of rotatable bonds is 2. The molecule has 0 saturated carbocycles. The second-order valence-corrected chi connectivity index (χ2v) is 5.72. The maximum Gasteiger partial charge on any atom is 0.221 e. The molecule has 3 rings (SSSR count). The van der Waals surface area contributed by atoms with E-state index in [1.807, 2.05) is 0 Å². The van der Waals surface area contributed by atoms with E-state index in [1.54, 1.807) is 6.92 Å². The highest BCUT2D eigenvalue weighted by Gasteiger charge is 2.37. The highest BCUT2D eigenvalue weighted by atomic mass is 19.1. The van der Waals surface area contributed by atoms with Crippen LogP contribution in [0.1, 0.15) is 30.4 Å². The summed E-state index contributed by atoms with van der Waals surface area (Å²) in [7, 11) is 0. The molecule has 3 nitrogen and oxygen atoms in total. The molecule has 0 radical (unpaired) electrons. The topological polar surface area (TPSA) is 32.3 Å². The van der Waals surface area contributed by atoms with Gasteiger partial charge in [0, 0.05) is 37.2 Å². The van der Waals surface area contributed by atoms with Gasteiger partial charge in [0.15, 0.2) is 0 Å². The SMILES string of the molecule is Cc1ccc(F)c(CN2[C@@H]3CC[C@H]2CNC(=O)C3)c1F. The van der Waals surface area contributed by atoms with Crippen molar-refractivity contribution in [2.75, 3.05) is 6.54 Å². The van der Waals surface area contributed by atoms with E-state index in [-0.39, 0.29) is 30.1 Å². The molecule has 1 N–H and O–H groups in total. The molecule has 0 aromatic heterocycles. The van der Waals surface area contributed by atoms with E-state index in [0.29, 0.717) is 18.5 Å². The number of benzene rings is 1. The lowest BCUT2D eigenvalue weighted by Gasteiger charge is -2.27. The summed E-state index contributed by atoms with van der Waals surface area (Å²) in [5.41, 5.74) is 0.578. The van der Waals surface area contributed by atoms with Gasteiger partial charge in [-0.05, 0) is 31.4 Å². The van der Waals surface area contributed by atoms with Crippen LogP contribution in [0, 0.1) is 18.6 Å². The van der Waals surface area contributed by atoms with Crippen LogP contribution in [0.2, 0.25) is 0 Å². The van der Waals surface area contributed by atoms with Gasteiger partial charge < -0.3 is 5.32 Å². The smallest absolute Gasteiger partial charge is 0.221 e. The minimum atomic E-state index is -0.504. The van der Waals surface area contributed by atoms with E-state index in [0.717, 1.165) is 12.8 Å². The van der Waals surface area contributed by atoms with Crippen molar-refractivity contribution in [2.45, 2.75) is 44.8 Å². The Morgan fingerprint density at radius 2 is 2.05 bits per heavy atom. The molecule has 2 atom stereocenters. The number of carbonyl (C=O) groups excluding carboxylic acids is 1. The van der Waals surface area contributed by atoms with Crippen LogP contribution in [-0.2, 0) is 11.3 Å². The molecule has 0 aliphatic carbocycles. The average molecular weight is 280 g/mol. The molecule has 108 valence electrons. The Kier molecular flexibility index (Phi) is 3.46. The van der Waals surface area contributed by atoms with Gasteiger partial charge in [-0.1, -0.05) is 6.07 Å². The number of hydrogen-bond donors (Lipinski definition) is 1. The quantitative estimate of drug-likeness (QED) is 0.900. The first-order valence-electron chi connectivity index (χ1n) is 7.02. The molecule has 2 heterocycles. The van der Waals surface area contributed by atoms with Gasteiger partial charge in [0.25, 0.3) is 0 Å². The monoisotopic (exact) mass is 280 g/mol. The molecular formula is C15H18F2N2O. The lowest BCUT2D eigenvalue weighted by atomic mass is 10.1. The number of carbonyl (C=O) groups is 1. The van der Waals surface area contributed by atoms with Crippen molar-refractivity contribution in [2.24, 2.45) is 0 Å². The van der Waals surface area contributed by atoms with Gasteiger partial charge in [-0.15, -0.1) is 0 Å². The molecule has 1 aromatic carbocycles. The van der Waals surface area contributed by atoms with Gasteiger partial charge in [-0.25, -0.2) is 8.78 Å². The third kappa shape index (κ3) is 2.30. The Morgan fingerprint density at radius 3 is 2.85 bits per heavy atom. The van der Waals surface area contributed by atoms with Gasteiger partial charge in [-0.3, -0.25) is 9.69 Å². The predicted octanol–water partition coefficient (Wildman–Crippen LogP) is 2.13. The van der Waals surface area contributed by atoms with Crippen molar-refractivity contribution in [1.82, 2.24) is 10.2 Å². The Hall–Kier alpha value is -1.49. The van der Waals surface area contributed by atoms with Crippen LogP contribution >= 0.6 is 0 Å². The van der Waals surface area contributed by atoms with E-state index in [2.05, 4.69) is 10.2 Å². The summed E-state index contributed by atoms with van der Waals surface area (Å²) in [6.45, 7) is 2.45. The van der Waals surface area contributed by atoms with Crippen LogP contribution < -0.4 is 5.32 Å². The molecule has 2 aliphatic heterocycles. The summed E-state index contributed by atoms with van der Waals surface area (Å²) in [6, 6.07) is 3.06. The number of halogens is 2. The number of nitrogens with one attached hydrogen (secondary N) is 1. The normalized spacial score (nSPS) is 26.4. The summed E-state index contributed by atoms with van der Waals surface area (Å²) >= 11 is 0. The maximum absolute atomic E-state index is 14.1. The lowest BCUT2D eigenvalue weighted by Crippen LogP contribution is -2.38. The van der Waals surface area contributed by atoms with Crippen molar-refractivity contribution in [3.05, 3.63) is 34.9 Å². The van der Waals surface area contributed by atoms with Crippen molar-refractivity contribution >= 4 is 5.91 Å². The Balaban J connectivity index is 1.88. The summed E-state index contributed by atoms with van der Waals surface area (Å²) in [5, 5.41) is 2.86. The van der Waals surface area contributed by atoms with E-state index in [1.165, 1.54) is 12.1 Å². The highest BCUT2D eigenvalue weighted by Crippen LogP contribution is 2.31. The fourth-order valence-corrected chi connectivity index (χ4v) is 3.27. The Morgan fingerprint density at radius 1 is 1.30 bits per heavy atom. The zero-order valence-electron chi connectivity index (χ0n) is 11.5. The summed E-state index contributed by atoms with van der Waals surface area (Å²) in [5.74, 6) is -0.934. The van der Waals surface area contributed by atoms with Crippen molar-refractivity contribution in [1.29, 1.82) is 0 Å². The average Bonchev–Trinajstić information content (AvgIpc) is 2.70. The zero-order valence-corrected chi connectivity index (χ0v) is 11.5. The molecule has 2 bridgehead atoms. The summed E-state index contributed by atoms with van der Waals surface area (Å²) in [6.07, 6.45) is 2.32. The van der Waals surface area contributed by atoms with E-state index in [9.17, 15) is 13.6 Å². The molecule has 1 amide bonds. The zero-order chi connectivity index (χ0) is 14.3. The lowest BCUT2D eigenvalue weighted by molar-refractivity contribution is -0.121. The van der Waals surface area contributed by atoms with Crippen LogP contribution in [0.4, 0.5) is 8.78 Å². The van der Waals surface area contributed by atoms with E-state index >= 15 is 0 Å². The number of amides is 1. The van der Waals surface area contributed by atoms with Gasteiger partial charge in [-0.2, -0.15) is 0 Å². The van der Waals surface area contributed by atoms with E-state index < -0.39 is 11.6 Å². The van der Waals surface area contributed by atoms with Gasteiger partial charge in [0.2, 0.25) is 5.91 Å². The van der Waals surface area contributed by atoms with Gasteiger partial charge in [0.05, 0.1) is 0 Å². The van der Waals surface area contributed by atoms with Crippen LogP contribution in [0.15, 0.2) is 12.1 Å². The molecule has 1 aromatic rings. The highest BCUT2D eigenvalue weighted by molar-refractivity contribution is 5.77. The number of aryl methyl sites for hydroxylation is 1. The number of nitrogens with zero attached hydrogens (tertiary/aromatic N) is 1. The predicted molar refractivity (Wildman–Crippen MR) is 71.1 cm³/mol. The fourth-order valence-electron chi connectivity index (χ4n) is 3.27. The summed E-state index contributed by atoms with van der Waals surface area (Å²) < 4.78 is 28.0. The van der Waals surface area contributed by atoms with Gasteiger partial charge in [0.1, 0.15) is 11.6 Å². The third-order valence-corrected chi connectivity index (χ3v) is 4.45.